The first-order valence-electron chi connectivity index (χ1n) is 7.19. The molecule has 1 aromatic carbocycles. The molecule has 1 heterocycles. The predicted molar refractivity (Wildman–Crippen MR) is 81.9 cm³/mol. The van der Waals surface area contributed by atoms with E-state index < -0.39 is 17.7 Å². The zero-order valence-corrected chi connectivity index (χ0v) is 12.8. The van der Waals surface area contributed by atoms with E-state index >= 15 is 0 Å². The van der Waals surface area contributed by atoms with Gasteiger partial charge >= 0.3 is 0 Å². The number of benzene rings is 1. The highest BCUT2D eigenvalue weighted by Crippen LogP contribution is 2.25. The Hall–Kier alpha value is -2.18. The SMILES string of the molecule is CC[C@@](O)([C@H](C)OCc1ccccc1)n1cnc(C(N)=O)c1. The van der Waals surface area contributed by atoms with Crippen LogP contribution in [0.1, 0.15) is 36.3 Å². The number of rotatable bonds is 7. The lowest BCUT2D eigenvalue weighted by Gasteiger charge is -2.34. The van der Waals surface area contributed by atoms with E-state index in [1.165, 1.54) is 17.1 Å². The van der Waals surface area contributed by atoms with Gasteiger partial charge in [-0.15, -0.1) is 0 Å². The standard InChI is InChI=1S/C16H21N3O3/c1-3-16(21,19-9-14(15(17)20)18-11-19)12(2)22-10-13-7-5-4-6-8-13/h4-9,11-12,21H,3,10H2,1-2H3,(H2,17,20)/t12-,16+/m0/s1. The third-order valence-corrected chi connectivity index (χ3v) is 3.80. The number of aliphatic hydroxyl groups is 1. The topological polar surface area (TPSA) is 90.4 Å². The van der Waals surface area contributed by atoms with Crippen LogP contribution in [0.25, 0.3) is 0 Å². The number of carbonyl (C=O) groups excluding carboxylic acids is 1. The first kappa shape index (κ1) is 16.2. The Balaban J connectivity index is 2.12. The molecule has 1 aromatic heterocycles. The average Bonchev–Trinajstić information content (AvgIpc) is 3.03. The number of carbonyl (C=O) groups is 1. The van der Waals surface area contributed by atoms with E-state index in [0.717, 1.165) is 5.56 Å². The van der Waals surface area contributed by atoms with Gasteiger partial charge in [0.1, 0.15) is 11.8 Å². The van der Waals surface area contributed by atoms with E-state index in [2.05, 4.69) is 4.98 Å². The first-order valence-corrected chi connectivity index (χ1v) is 7.19. The number of nitrogens with two attached hydrogens (primary N) is 1. The molecular formula is C16H21N3O3. The Labute approximate surface area is 129 Å². The van der Waals surface area contributed by atoms with Gasteiger partial charge in [0, 0.05) is 6.20 Å². The largest absolute Gasteiger partial charge is 0.369 e. The van der Waals surface area contributed by atoms with Crippen LogP contribution in [0.5, 0.6) is 0 Å². The first-order chi connectivity index (χ1) is 10.5. The maximum absolute atomic E-state index is 11.1. The molecule has 0 unspecified atom stereocenters. The summed E-state index contributed by atoms with van der Waals surface area (Å²) in [6.45, 7) is 4.02. The molecule has 0 aliphatic rings. The summed E-state index contributed by atoms with van der Waals surface area (Å²) in [5.74, 6) is -0.630. The van der Waals surface area contributed by atoms with Crippen molar-refractivity contribution in [3.8, 4) is 0 Å². The number of primary amides is 1. The van der Waals surface area contributed by atoms with Crippen molar-refractivity contribution in [2.75, 3.05) is 0 Å². The quantitative estimate of drug-likeness (QED) is 0.813. The number of ether oxygens (including phenoxy) is 1. The minimum Gasteiger partial charge on any atom is -0.369 e. The van der Waals surface area contributed by atoms with Gasteiger partial charge in [0.25, 0.3) is 5.91 Å². The van der Waals surface area contributed by atoms with Gasteiger partial charge in [-0.25, -0.2) is 4.98 Å². The van der Waals surface area contributed by atoms with Gasteiger partial charge < -0.3 is 20.1 Å². The molecule has 3 N–H and O–H groups in total. The van der Waals surface area contributed by atoms with Crippen LogP contribution in [-0.4, -0.2) is 26.7 Å². The number of nitrogens with zero attached hydrogens (tertiary/aromatic N) is 2. The van der Waals surface area contributed by atoms with E-state index in [9.17, 15) is 9.90 Å². The van der Waals surface area contributed by atoms with Crippen LogP contribution in [0.3, 0.4) is 0 Å². The highest BCUT2D eigenvalue weighted by atomic mass is 16.5. The van der Waals surface area contributed by atoms with E-state index in [-0.39, 0.29) is 5.69 Å². The summed E-state index contributed by atoms with van der Waals surface area (Å²) >= 11 is 0. The molecule has 6 heteroatoms. The van der Waals surface area contributed by atoms with Crippen molar-refractivity contribution in [2.45, 2.75) is 38.7 Å². The highest BCUT2D eigenvalue weighted by Gasteiger charge is 2.35. The zero-order chi connectivity index (χ0) is 16.2. The molecule has 0 saturated carbocycles. The number of imidazole rings is 1. The van der Waals surface area contributed by atoms with Crippen LogP contribution in [-0.2, 0) is 17.1 Å². The van der Waals surface area contributed by atoms with Crippen molar-refractivity contribution in [1.29, 1.82) is 0 Å². The number of hydrogen-bond donors (Lipinski definition) is 2. The van der Waals surface area contributed by atoms with Gasteiger partial charge in [0.15, 0.2) is 5.72 Å². The maximum Gasteiger partial charge on any atom is 0.268 e. The Morgan fingerprint density at radius 3 is 2.68 bits per heavy atom. The van der Waals surface area contributed by atoms with Crippen molar-refractivity contribution in [3.63, 3.8) is 0 Å². The number of amides is 1. The third-order valence-electron chi connectivity index (χ3n) is 3.80. The Kier molecular flexibility index (Phi) is 4.95. The van der Waals surface area contributed by atoms with Crippen LogP contribution >= 0.6 is 0 Å². The fourth-order valence-electron chi connectivity index (χ4n) is 2.27. The number of hydrogen-bond acceptors (Lipinski definition) is 4. The minimum atomic E-state index is -1.30. The van der Waals surface area contributed by atoms with Crippen molar-refractivity contribution in [1.82, 2.24) is 9.55 Å². The lowest BCUT2D eigenvalue weighted by Crippen LogP contribution is -2.43. The molecule has 0 spiro atoms. The fraction of sp³-hybridized carbons (Fsp3) is 0.375. The average molecular weight is 303 g/mol. The molecule has 0 radical (unpaired) electrons. The van der Waals surface area contributed by atoms with Crippen LogP contribution in [0, 0.1) is 0 Å². The molecule has 2 aromatic rings. The second kappa shape index (κ2) is 6.72. The Morgan fingerprint density at radius 1 is 1.45 bits per heavy atom. The molecule has 0 saturated heterocycles. The molecule has 0 aliphatic carbocycles. The van der Waals surface area contributed by atoms with E-state index in [1.807, 2.05) is 37.3 Å². The lowest BCUT2D eigenvalue weighted by atomic mass is 10.0. The summed E-state index contributed by atoms with van der Waals surface area (Å²) in [5.41, 5.74) is 5.04. The second-order valence-corrected chi connectivity index (χ2v) is 5.20. The summed E-state index contributed by atoms with van der Waals surface area (Å²) in [6, 6.07) is 9.72. The van der Waals surface area contributed by atoms with E-state index in [4.69, 9.17) is 10.5 Å². The van der Waals surface area contributed by atoms with Crippen molar-refractivity contribution in [3.05, 3.63) is 54.1 Å². The van der Waals surface area contributed by atoms with Crippen molar-refractivity contribution < 1.29 is 14.6 Å². The third kappa shape index (κ3) is 3.35. The van der Waals surface area contributed by atoms with Crippen LogP contribution in [0.2, 0.25) is 0 Å². The monoisotopic (exact) mass is 303 g/mol. The Bertz CT molecular complexity index is 627. The highest BCUT2D eigenvalue weighted by molar-refractivity contribution is 5.90. The van der Waals surface area contributed by atoms with Crippen molar-refractivity contribution in [2.24, 2.45) is 5.73 Å². The summed E-state index contributed by atoms with van der Waals surface area (Å²) < 4.78 is 7.27. The second-order valence-electron chi connectivity index (χ2n) is 5.20. The van der Waals surface area contributed by atoms with Gasteiger partial charge in [-0.3, -0.25) is 4.79 Å². The van der Waals surface area contributed by atoms with E-state index in [0.29, 0.717) is 13.0 Å². The van der Waals surface area contributed by atoms with Crippen LogP contribution in [0.15, 0.2) is 42.9 Å². The van der Waals surface area contributed by atoms with Gasteiger partial charge in [-0.1, -0.05) is 37.3 Å². The van der Waals surface area contributed by atoms with Crippen LogP contribution in [0.4, 0.5) is 0 Å². The zero-order valence-electron chi connectivity index (χ0n) is 12.8. The minimum absolute atomic E-state index is 0.113. The maximum atomic E-state index is 11.1. The van der Waals surface area contributed by atoms with Crippen molar-refractivity contribution >= 4 is 5.91 Å². The molecule has 0 aliphatic heterocycles. The molecule has 118 valence electrons. The summed E-state index contributed by atoms with van der Waals surface area (Å²) in [7, 11) is 0. The van der Waals surface area contributed by atoms with E-state index in [1.54, 1.807) is 6.92 Å². The summed E-state index contributed by atoms with van der Waals surface area (Å²) in [4.78, 5) is 15.0. The number of aromatic nitrogens is 2. The van der Waals surface area contributed by atoms with Gasteiger partial charge in [-0.2, -0.15) is 0 Å². The van der Waals surface area contributed by atoms with Crippen LogP contribution < -0.4 is 5.73 Å². The van der Waals surface area contributed by atoms with Gasteiger partial charge in [0.05, 0.1) is 12.9 Å². The fourth-order valence-corrected chi connectivity index (χ4v) is 2.27. The summed E-state index contributed by atoms with van der Waals surface area (Å²) in [6.07, 6.45) is 2.74. The Morgan fingerprint density at radius 2 is 2.14 bits per heavy atom. The normalized spacial score (nSPS) is 15.2. The van der Waals surface area contributed by atoms with Gasteiger partial charge in [-0.05, 0) is 18.9 Å². The van der Waals surface area contributed by atoms with Gasteiger partial charge in [0.2, 0.25) is 0 Å². The molecule has 6 nitrogen and oxygen atoms in total. The molecule has 2 rings (SSSR count). The predicted octanol–water partition coefficient (Wildman–Crippen LogP) is 1.64. The molecule has 1 amide bonds. The molecule has 0 bridgehead atoms. The molecule has 0 fully saturated rings. The smallest absolute Gasteiger partial charge is 0.268 e. The summed E-state index contributed by atoms with van der Waals surface area (Å²) in [5, 5.41) is 10.9. The molecular weight excluding hydrogens is 282 g/mol. The molecule has 2 atom stereocenters. The molecule has 22 heavy (non-hydrogen) atoms. The lowest BCUT2D eigenvalue weighted by molar-refractivity contribution is -0.159.